The van der Waals surface area contributed by atoms with Crippen molar-refractivity contribution >= 4 is 23.3 Å². The van der Waals surface area contributed by atoms with Crippen LogP contribution in [0.25, 0.3) is 0 Å². The summed E-state index contributed by atoms with van der Waals surface area (Å²) in [6.07, 6.45) is 2.93. The molecule has 1 aliphatic rings. The van der Waals surface area contributed by atoms with E-state index >= 15 is 0 Å². The lowest BCUT2D eigenvalue weighted by Crippen LogP contribution is -2.32. The molecule has 1 fully saturated rings. The van der Waals surface area contributed by atoms with Crippen LogP contribution in [-0.4, -0.2) is 38.1 Å². The van der Waals surface area contributed by atoms with Gasteiger partial charge in [0.25, 0.3) is 5.91 Å². The highest BCUT2D eigenvalue weighted by molar-refractivity contribution is 5.97. The second kappa shape index (κ2) is 9.26. The molecular weight excluding hydrogens is 352 g/mol. The average molecular weight is 380 g/mol. The lowest BCUT2D eigenvalue weighted by Gasteiger charge is -2.19. The van der Waals surface area contributed by atoms with Crippen LogP contribution in [0.5, 0.6) is 0 Å². The van der Waals surface area contributed by atoms with Crippen LogP contribution < -0.4 is 20.9 Å². The number of amides is 3. The van der Waals surface area contributed by atoms with Gasteiger partial charge in [-0.05, 0) is 56.0 Å². The maximum Gasteiger partial charge on any atom is 0.319 e. The number of carbonyl (C=O) groups is 2. The Bertz CT molecular complexity index is 819. The molecule has 0 heterocycles. The second-order valence-corrected chi connectivity index (χ2v) is 7.27. The van der Waals surface area contributed by atoms with Crippen LogP contribution in [0.4, 0.5) is 16.2 Å². The maximum absolute atomic E-state index is 12.2. The molecule has 2 aromatic rings. The third kappa shape index (κ3) is 5.74. The van der Waals surface area contributed by atoms with Gasteiger partial charge in [0.1, 0.15) is 0 Å². The summed E-state index contributed by atoms with van der Waals surface area (Å²) in [6, 6.07) is 15.6. The van der Waals surface area contributed by atoms with E-state index in [0.717, 1.165) is 37.1 Å². The van der Waals surface area contributed by atoms with E-state index in [1.165, 1.54) is 0 Å². The lowest BCUT2D eigenvalue weighted by molar-refractivity contribution is 0.0951. The van der Waals surface area contributed by atoms with Crippen molar-refractivity contribution < 1.29 is 9.59 Å². The molecular formula is C22H28N4O2. The van der Waals surface area contributed by atoms with E-state index in [9.17, 15) is 9.59 Å². The average Bonchev–Trinajstić information content (AvgIpc) is 3.51. The molecule has 0 spiro atoms. The predicted octanol–water partition coefficient (Wildman–Crippen LogP) is 3.54. The number of rotatable bonds is 8. The molecule has 0 unspecified atom stereocenters. The number of hydrogen-bond acceptors (Lipinski definition) is 3. The highest BCUT2D eigenvalue weighted by atomic mass is 16.2. The summed E-state index contributed by atoms with van der Waals surface area (Å²) in [5, 5.41) is 8.69. The van der Waals surface area contributed by atoms with E-state index in [0.29, 0.717) is 23.8 Å². The zero-order valence-electron chi connectivity index (χ0n) is 16.5. The van der Waals surface area contributed by atoms with Crippen LogP contribution >= 0.6 is 0 Å². The quantitative estimate of drug-likeness (QED) is 0.614. The molecule has 3 amide bonds. The zero-order valence-corrected chi connectivity index (χ0v) is 16.5. The highest BCUT2D eigenvalue weighted by Crippen LogP contribution is 2.21. The smallest absolute Gasteiger partial charge is 0.319 e. The minimum absolute atomic E-state index is 0.0880. The predicted molar refractivity (Wildman–Crippen MR) is 113 cm³/mol. The minimum atomic E-state index is -0.259. The van der Waals surface area contributed by atoms with Crippen molar-refractivity contribution in [2.45, 2.75) is 32.2 Å². The second-order valence-electron chi connectivity index (χ2n) is 7.27. The van der Waals surface area contributed by atoms with Crippen LogP contribution in [0.3, 0.4) is 0 Å². The summed E-state index contributed by atoms with van der Waals surface area (Å²) >= 11 is 0. The minimum Gasteiger partial charge on any atom is -0.375 e. The van der Waals surface area contributed by atoms with Crippen molar-refractivity contribution in [3.05, 3.63) is 59.7 Å². The van der Waals surface area contributed by atoms with Gasteiger partial charge in [0, 0.05) is 43.1 Å². The molecule has 0 aliphatic heterocycles. The van der Waals surface area contributed by atoms with Gasteiger partial charge in [-0.2, -0.15) is 0 Å². The Kier molecular flexibility index (Phi) is 6.53. The molecule has 0 radical (unpaired) electrons. The molecule has 148 valence electrons. The number of aryl methyl sites for hydroxylation is 1. The fourth-order valence-electron chi connectivity index (χ4n) is 2.89. The zero-order chi connectivity index (χ0) is 19.9. The number of anilines is 2. The first-order valence-electron chi connectivity index (χ1n) is 9.75. The molecule has 0 atom stereocenters. The van der Waals surface area contributed by atoms with Crippen molar-refractivity contribution in [1.82, 2.24) is 10.6 Å². The Labute approximate surface area is 166 Å². The number of para-hydroxylation sites is 1. The topological polar surface area (TPSA) is 73.5 Å². The van der Waals surface area contributed by atoms with Crippen molar-refractivity contribution in [3.8, 4) is 0 Å². The van der Waals surface area contributed by atoms with Crippen LogP contribution in [0.15, 0.2) is 48.5 Å². The molecule has 0 saturated heterocycles. The van der Waals surface area contributed by atoms with Gasteiger partial charge in [-0.15, -0.1) is 0 Å². The summed E-state index contributed by atoms with van der Waals surface area (Å²) in [7, 11) is 2.04. The monoisotopic (exact) mass is 380 g/mol. The lowest BCUT2D eigenvalue weighted by atomic mass is 10.1. The van der Waals surface area contributed by atoms with E-state index < -0.39 is 0 Å². The molecule has 1 aliphatic carbocycles. The van der Waals surface area contributed by atoms with E-state index in [-0.39, 0.29) is 11.9 Å². The Morgan fingerprint density at radius 1 is 1.11 bits per heavy atom. The number of hydrogen-bond donors (Lipinski definition) is 3. The first kappa shape index (κ1) is 19.7. The summed E-state index contributed by atoms with van der Waals surface area (Å²) in [6.45, 7) is 3.33. The molecule has 3 rings (SSSR count). The van der Waals surface area contributed by atoms with Crippen molar-refractivity contribution in [1.29, 1.82) is 0 Å². The van der Waals surface area contributed by atoms with E-state index in [4.69, 9.17) is 0 Å². The van der Waals surface area contributed by atoms with Gasteiger partial charge in [0.2, 0.25) is 0 Å². The number of nitrogens with one attached hydrogen (secondary N) is 3. The van der Waals surface area contributed by atoms with E-state index in [1.54, 1.807) is 12.1 Å². The number of carbonyl (C=O) groups excluding carboxylic acids is 2. The first-order chi connectivity index (χ1) is 13.5. The van der Waals surface area contributed by atoms with E-state index in [1.807, 2.05) is 38.2 Å². The summed E-state index contributed by atoms with van der Waals surface area (Å²) < 4.78 is 0. The van der Waals surface area contributed by atoms with Gasteiger partial charge in [-0.1, -0.05) is 24.3 Å². The van der Waals surface area contributed by atoms with Gasteiger partial charge in [-0.25, -0.2) is 4.79 Å². The largest absolute Gasteiger partial charge is 0.375 e. The molecule has 6 nitrogen and oxygen atoms in total. The summed E-state index contributed by atoms with van der Waals surface area (Å²) in [4.78, 5) is 26.6. The Morgan fingerprint density at radius 2 is 1.86 bits per heavy atom. The van der Waals surface area contributed by atoms with Crippen LogP contribution in [0.2, 0.25) is 0 Å². The molecule has 3 N–H and O–H groups in total. The number of urea groups is 1. The molecule has 6 heteroatoms. The fraction of sp³-hybridized carbons (Fsp3) is 0.364. The van der Waals surface area contributed by atoms with Gasteiger partial charge >= 0.3 is 6.03 Å². The third-order valence-electron chi connectivity index (χ3n) is 4.81. The van der Waals surface area contributed by atoms with Gasteiger partial charge < -0.3 is 20.9 Å². The SMILES string of the molecule is Cc1ccc(C(=O)NC2CC2)cc1NC(=O)NCCCN(C)c1ccccc1. The summed E-state index contributed by atoms with van der Waals surface area (Å²) in [5.74, 6) is -0.0880. The number of benzene rings is 2. The molecule has 0 aromatic heterocycles. The normalized spacial score (nSPS) is 12.9. The Morgan fingerprint density at radius 3 is 2.57 bits per heavy atom. The van der Waals surface area contributed by atoms with Gasteiger partial charge in [0.15, 0.2) is 0 Å². The van der Waals surface area contributed by atoms with Crippen LogP contribution in [0.1, 0.15) is 35.2 Å². The maximum atomic E-state index is 12.2. The Balaban J connectivity index is 1.44. The van der Waals surface area contributed by atoms with Gasteiger partial charge in [-0.3, -0.25) is 4.79 Å². The van der Waals surface area contributed by atoms with Crippen LogP contribution in [0, 0.1) is 6.92 Å². The molecule has 0 bridgehead atoms. The molecule has 2 aromatic carbocycles. The van der Waals surface area contributed by atoms with Crippen molar-refractivity contribution in [3.63, 3.8) is 0 Å². The fourth-order valence-corrected chi connectivity index (χ4v) is 2.89. The molecule has 1 saturated carbocycles. The van der Waals surface area contributed by atoms with Crippen molar-refractivity contribution in [2.75, 3.05) is 30.4 Å². The Hall–Kier alpha value is -3.02. The van der Waals surface area contributed by atoms with Gasteiger partial charge in [0.05, 0.1) is 0 Å². The molecule has 28 heavy (non-hydrogen) atoms. The highest BCUT2D eigenvalue weighted by Gasteiger charge is 2.24. The van der Waals surface area contributed by atoms with Crippen LogP contribution in [-0.2, 0) is 0 Å². The van der Waals surface area contributed by atoms with Crippen molar-refractivity contribution in [2.24, 2.45) is 0 Å². The summed E-state index contributed by atoms with van der Waals surface area (Å²) in [5.41, 5.74) is 3.30. The standard InChI is InChI=1S/C22H28N4O2/c1-16-9-10-17(21(27)24-18-11-12-18)15-20(16)25-22(28)23-13-6-14-26(2)19-7-4-3-5-8-19/h3-5,7-10,15,18H,6,11-14H2,1-2H3,(H,24,27)(H2,23,25,28). The van der Waals surface area contributed by atoms with E-state index in [2.05, 4.69) is 33.0 Å². The first-order valence-corrected chi connectivity index (χ1v) is 9.75. The third-order valence-corrected chi connectivity index (χ3v) is 4.81. The number of nitrogens with zero attached hydrogens (tertiary/aromatic N) is 1.